The molecule has 0 spiro atoms. The molecule has 1 fully saturated rings. The first-order valence-corrected chi connectivity index (χ1v) is 8.42. The Hall–Kier alpha value is -0.260. The molecule has 1 aromatic rings. The van der Waals surface area contributed by atoms with E-state index in [0.29, 0.717) is 27.7 Å². The van der Waals surface area contributed by atoms with Crippen LogP contribution in [0.15, 0.2) is 18.2 Å². The van der Waals surface area contributed by atoms with Gasteiger partial charge in [-0.2, -0.15) is 23.5 Å². The van der Waals surface area contributed by atoms with Gasteiger partial charge in [0.1, 0.15) is 11.6 Å². The third kappa shape index (κ3) is 4.10. The Morgan fingerprint density at radius 2 is 1.84 bits per heavy atom. The van der Waals surface area contributed by atoms with Crippen molar-refractivity contribution in [2.24, 2.45) is 5.73 Å². The lowest BCUT2D eigenvalue weighted by atomic mass is 10.0. The second-order valence-electron chi connectivity index (χ2n) is 5.06. The molecule has 2 rings (SSSR count). The van der Waals surface area contributed by atoms with Gasteiger partial charge >= 0.3 is 0 Å². The van der Waals surface area contributed by atoms with Gasteiger partial charge in [-0.25, -0.2) is 8.78 Å². The maximum Gasteiger partial charge on any atom is 0.126 e. The number of hydrogen-bond donors (Lipinski definition) is 1. The Kier molecular flexibility index (Phi) is 5.15. The fraction of sp³-hybridized carbons (Fsp3) is 0.571. The third-order valence-electron chi connectivity index (χ3n) is 3.45. The molecule has 4 atom stereocenters. The van der Waals surface area contributed by atoms with Crippen molar-refractivity contribution in [1.82, 2.24) is 0 Å². The molecule has 0 radical (unpaired) electrons. The number of benzene rings is 1. The highest BCUT2D eigenvalue weighted by Crippen LogP contribution is 2.37. The molecule has 0 bridgehead atoms. The summed E-state index contributed by atoms with van der Waals surface area (Å²) in [6.07, 6.45) is 0.522. The molecule has 1 aliphatic heterocycles. The van der Waals surface area contributed by atoms with Gasteiger partial charge in [0.25, 0.3) is 0 Å². The van der Waals surface area contributed by atoms with Crippen molar-refractivity contribution in [3.8, 4) is 0 Å². The van der Waals surface area contributed by atoms with Crippen LogP contribution in [0.3, 0.4) is 0 Å². The molecular weight excluding hydrogens is 284 g/mol. The van der Waals surface area contributed by atoms with Gasteiger partial charge in [0.15, 0.2) is 0 Å². The summed E-state index contributed by atoms with van der Waals surface area (Å²) >= 11 is 3.83. The van der Waals surface area contributed by atoms with Gasteiger partial charge < -0.3 is 5.73 Å². The summed E-state index contributed by atoms with van der Waals surface area (Å²) in [5, 5.41) is 1.56. The van der Waals surface area contributed by atoms with E-state index in [1.165, 1.54) is 12.1 Å². The van der Waals surface area contributed by atoms with Crippen molar-refractivity contribution in [3.05, 3.63) is 35.4 Å². The predicted octanol–water partition coefficient (Wildman–Crippen LogP) is 3.46. The van der Waals surface area contributed by atoms with Gasteiger partial charge in [-0.05, 0) is 24.1 Å². The standard InChI is InChI=1S/C14H19F2NS2/c1-8-9(2)19-14(7-18-8)13(17)5-10-3-11(15)6-12(16)4-10/h3-4,6,8-9,13-14H,5,7,17H2,1-2H3. The Morgan fingerprint density at radius 3 is 2.42 bits per heavy atom. The highest BCUT2D eigenvalue weighted by atomic mass is 32.2. The van der Waals surface area contributed by atoms with E-state index in [1.807, 2.05) is 23.5 Å². The van der Waals surface area contributed by atoms with E-state index in [4.69, 9.17) is 5.73 Å². The van der Waals surface area contributed by atoms with Gasteiger partial charge in [-0.15, -0.1) is 0 Å². The molecule has 0 saturated carbocycles. The van der Waals surface area contributed by atoms with Gasteiger partial charge in [-0.3, -0.25) is 0 Å². The summed E-state index contributed by atoms with van der Waals surface area (Å²) in [5.74, 6) is -0.0560. The van der Waals surface area contributed by atoms with Crippen molar-refractivity contribution >= 4 is 23.5 Å². The van der Waals surface area contributed by atoms with E-state index in [-0.39, 0.29) is 6.04 Å². The molecule has 0 aromatic heterocycles. The van der Waals surface area contributed by atoms with Crippen molar-refractivity contribution in [2.45, 2.75) is 42.1 Å². The molecule has 1 saturated heterocycles. The Morgan fingerprint density at radius 1 is 1.21 bits per heavy atom. The molecule has 1 heterocycles. The highest BCUT2D eigenvalue weighted by Gasteiger charge is 2.29. The lowest BCUT2D eigenvalue weighted by Crippen LogP contribution is -2.41. The molecule has 0 aliphatic carbocycles. The third-order valence-corrected chi connectivity index (χ3v) is 7.02. The zero-order valence-corrected chi connectivity index (χ0v) is 12.7. The fourth-order valence-electron chi connectivity index (χ4n) is 2.16. The van der Waals surface area contributed by atoms with Crippen molar-refractivity contribution < 1.29 is 8.78 Å². The Balaban J connectivity index is 1.98. The second-order valence-corrected chi connectivity index (χ2v) is 8.10. The van der Waals surface area contributed by atoms with Gasteiger partial charge in [0, 0.05) is 33.6 Å². The Labute approximate surface area is 121 Å². The van der Waals surface area contributed by atoms with E-state index in [2.05, 4.69) is 13.8 Å². The maximum absolute atomic E-state index is 13.1. The smallest absolute Gasteiger partial charge is 0.126 e. The first-order chi connectivity index (χ1) is 8.95. The lowest BCUT2D eigenvalue weighted by Gasteiger charge is -2.34. The van der Waals surface area contributed by atoms with Gasteiger partial charge in [0.2, 0.25) is 0 Å². The molecule has 0 amide bonds. The van der Waals surface area contributed by atoms with Crippen LogP contribution in [0.2, 0.25) is 0 Å². The van der Waals surface area contributed by atoms with Crippen molar-refractivity contribution in [2.75, 3.05) is 5.75 Å². The predicted molar refractivity (Wildman–Crippen MR) is 80.8 cm³/mol. The van der Waals surface area contributed by atoms with E-state index < -0.39 is 11.6 Å². The van der Waals surface area contributed by atoms with Crippen LogP contribution in [0.4, 0.5) is 8.78 Å². The molecule has 5 heteroatoms. The van der Waals surface area contributed by atoms with Crippen LogP contribution in [0, 0.1) is 11.6 Å². The normalized spacial score (nSPS) is 29.2. The zero-order valence-electron chi connectivity index (χ0n) is 11.1. The van der Waals surface area contributed by atoms with Crippen LogP contribution in [-0.4, -0.2) is 27.5 Å². The summed E-state index contributed by atoms with van der Waals surface area (Å²) in [6, 6.07) is 3.57. The molecule has 1 aromatic carbocycles. The van der Waals surface area contributed by atoms with Crippen LogP contribution >= 0.6 is 23.5 Å². The SMILES string of the molecule is CC1SCC(C(N)Cc2cc(F)cc(F)c2)SC1C. The van der Waals surface area contributed by atoms with Crippen molar-refractivity contribution in [1.29, 1.82) is 0 Å². The van der Waals surface area contributed by atoms with Crippen LogP contribution < -0.4 is 5.73 Å². The molecule has 19 heavy (non-hydrogen) atoms. The van der Waals surface area contributed by atoms with E-state index in [1.54, 1.807) is 0 Å². The molecule has 106 valence electrons. The number of thioether (sulfide) groups is 2. The Bertz CT molecular complexity index is 421. The lowest BCUT2D eigenvalue weighted by molar-refractivity contribution is 0.574. The minimum absolute atomic E-state index is 0.0614. The largest absolute Gasteiger partial charge is 0.326 e. The van der Waals surface area contributed by atoms with Crippen LogP contribution in [0.25, 0.3) is 0 Å². The molecule has 1 aliphatic rings. The van der Waals surface area contributed by atoms with Gasteiger partial charge in [-0.1, -0.05) is 13.8 Å². The average molecular weight is 303 g/mol. The topological polar surface area (TPSA) is 26.0 Å². The molecular formula is C14H19F2NS2. The fourth-order valence-corrected chi connectivity index (χ4v) is 5.23. The summed E-state index contributed by atoms with van der Waals surface area (Å²) < 4.78 is 26.3. The molecule has 4 unspecified atom stereocenters. The first kappa shape index (κ1) is 15.1. The van der Waals surface area contributed by atoms with Crippen LogP contribution in [-0.2, 0) is 6.42 Å². The number of hydrogen-bond acceptors (Lipinski definition) is 3. The molecule has 1 nitrogen and oxygen atoms in total. The maximum atomic E-state index is 13.1. The highest BCUT2D eigenvalue weighted by molar-refractivity contribution is 8.07. The number of halogens is 2. The number of nitrogens with two attached hydrogens (primary N) is 1. The van der Waals surface area contributed by atoms with Crippen molar-refractivity contribution in [3.63, 3.8) is 0 Å². The minimum atomic E-state index is -0.533. The first-order valence-electron chi connectivity index (χ1n) is 6.43. The summed E-state index contributed by atoms with van der Waals surface area (Å²) in [6.45, 7) is 4.44. The summed E-state index contributed by atoms with van der Waals surface area (Å²) in [4.78, 5) is 0. The monoisotopic (exact) mass is 303 g/mol. The zero-order chi connectivity index (χ0) is 14.0. The summed E-state index contributed by atoms with van der Waals surface area (Å²) in [5.41, 5.74) is 6.85. The number of rotatable bonds is 3. The van der Waals surface area contributed by atoms with Crippen LogP contribution in [0.5, 0.6) is 0 Å². The minimum Gasteiger partial charge on any atom is -0.326 e. The van der Waals surface area contributed by atoms with E-state index in [9.17, 15) is 8.78 Å². The van der Waals surface area contributed by atoms with E-state index in [0.717, 1.165) is 11.8 Å². The molecule has 2 N–H and O–H groups in total. The second kappa shape index (κ2) is 6.46. The van der Waals surface area contributed by atoms with E-state index >= 15 is 0 Å². The van der Waals surface area contributed by atoms with Gasteiger partial charge in [0.05, 0.1) is 0 Å². The summed E-state index contributed by atoms with van der Waals surface area (Å²) in [7, 11) is 0. The van der Waals surface area contributed by atoms with Crippen LogP contribution in [0.1, 0.15) is 19.4 Å². The quantitative estimate of drug-likeness (QED) is 0.926. The average Bonchev–Trinajstić information content (AvgIpc) is 2.31.